The first-order valence-corrected chi connectivity index (χ1v) is 11.5. The highest BCUT2D eigenvalue weighted by Gasteiger charge is 2.41. The Morgan fingerprint density at radius 3 is 2.39 bits per heavy atom. The molecule has 2 aromatic rings. The van der Waals surface area contributed by atoms with Crippen LogP contribution in [0.5, 0.6) is 0 Å². The molecule has 1 aromatic carbocycles. The molecule has 31 heavy (non-hydrogen) atoms. The van der Waals surface area contributed by atoms with Crippen molar-refractivity contribution in [2.45, 2.75) is 51.5 Å². The third kappa shape index (κ3) is 4.80. The van der Waals surface area contributed by atoms with Crippen LogP contribution in [0.3, 0.4) is 0 Å². The maximum absolute atomic E-state index is 13.4. The van der Waals surface area contributed by atoms with Crippen LogP contribution in [0.2, 0.25) is 0 Å². The number of ether oxygens (including phenoxy) is 1. The Morgan fingerprint density at radius 2 is 1.81 bits per heavy atom. The molecule has 0 saturated carbocycles. The molecule has 3 rings (SSSR count). The first kappa shape index (κ1) is 23.0. The lowest BCUT2D eigenvalue weighted by molar-refractivity contribution is -0.150. The van der Waals surface area contributed by atoms with E-state index >= 15 is 0 Å². The summed E-state index contributed by atoms with van der Waals surface area (Å²) >= 11 is 0. The Morgan fingerprint density at radius 1 is 1.16 bits per heavy atom. The number of benzene rings is 1. The van der Waals surface area contributed by atoms with E-state index in [1.54, 1.807) is 33.9 Å². The SMILES string of the molecule is Cc1cc(C)c(S(=O)(=O)N2CCCC2C(=O)OCC(=O)Nc2cc(C)nn2C)c(C)c1. The van der Waals surface area contributed by atoms with Gasteiger partial charge >= 0.3 is 5.97 Å². The number of sulfonamides is 1. The average molecular weight is 449 g/mol. The second kappa shape index (κ2) is 8.80. The summed E-state index contributed by atoms with van der Waals surface area (Å²) in [4.78, 5) is 25.0. The third-order valence-corrected chi connectivity index (χ3v) is 7.48. The third-order valence-electron chi connectivity index (χ3n) is 5.26. The van der Waals surface area contributed by atoms with Gasteiger partial charge in [0.05, 0.1) is 10.6 Å². The highest BCUT2D eigenvalue weighted by Crippen LogP contribution is 2.31. The maximum Gasteiger partial charge on any atom is 0.324 e. The minimum absolute atomic E-state index is 0.224. The van der Waals surface area contributed by atoms with E-state index in [9.17, 15) is 18.0 Å². The van der Waals surface area contributed by atoms with Crippen molar-refractivity contribution >= 4 is 27.7 Å². The number of carbonyl (C=O) groups is 2. The molecule has 10 heteroatoms. The molecule has 1 amide bonds. The minimum atomic E-state index is -3.88. The van der Waals surface area contributed by atoms with Crippen LogP contribution in [0, 0.1) is 27.7 Å². The number of carbonyl (C=O) groups excluding carboxylic acids is 2. The molecule has 0 bridgehead atoms. The predicted molar refractivity (Wildman–Crippen MR) is 115 cm³/mol. The number of rotatable bonds is 6. The standard InChI is InChI=1S/C21H28N4O5S/c1-13-9-14(2)20(15(3)10-13)31(28,29)25-8-6-7-17(25)21(27)30-12-19(26)22-18-11-16(4)23-24(18)5/h9-11,17H,6-8,12H2,1-5H3,(H,22,26). The van der Waals surface area contributed by atoms with Crippen LogP contribution in [0.25, 0.3) is 0 Å². The first-order chi connectivity index (χ1) is 14.5. The zero-order chi connectivity index (χ0) is 22.9. The molecule has 1 fully saturated rings. The number of aryl methyl sites for hydroxylation is 5. The summed E-state index contributed by atoms with van der Waals surface area (Å²) in [6.07, 6.45) is 0.897. The lowest BCUT2D eigenvalue weighted by Gasteiger charge is -2.24. The molecule has 1 aliphatic heterocycles. The normalized spacial score (nSPS) is 17.0. The van der Waals surface area contributed by atoms with E-state index in [0.717, 1.165) is 11.3 Å². The Balaban J connectivity index is 1.70. The lowest BCUT2D eigenvalue weighted by atomic mass is 10.1. The van der Waals surface area contributed by atoms with E-state index < -0.39 is 34.5 Å². The lowest BCUT2D eigenvalue weighted by Crippen LogP contribution is -2.42. The van der Waals surface area contributed by atoms with Gasteiger partial charge in [-0.15, -0.1) is 0 Å². The van der Waals surface area contributed by atoms with Crippen molar-refractivity contribution in [1.82, 2.24) is 14.1 Å². The number of aromatic nitrogens is 2. The zero-order valence-electron chi connectivity index (χ0n) is 18.4. The van der Waals surface area contributed by atoms with Gasteiger partial charge in [0.2, 0.25) is 10.0 Å². The molecule has 1 N–H and O–H groups in total. The number of esters is 1. The zero-order valence-corrected chi connectivity index (χ0v) is 19.2. The Labute approximate surface area is 182 Å². The van der Waals surface area contributed by atoms with Crippen LogP contribution in [0.4, 0.5) is 5.82 Å². The molecule has 1 atom stereocenters. The van der Waals surface area contributed by atoms with E-state index in [1.165, 1.54) is 8.99 Å². The van der Waals surface area contributed by atoms with Gasteiger partial charge in [0.25, 0.3) is 5.91 Å². The summed E-state index contributed by atoms with van der Waals surface area (Å²) in [5, 5.41) is 6.75. The van der Waals surface area contributed by atoms with E-state index in [-0.39, 0.29) is 11.4 Å². The van der Waals surface area contributed by atoms with Crippen molar-refractivity contribution in [2.75, 3.05) is 18.5 Å². The Hall–Kier alpha value is -2.72. The predicted octanol–water partition coefficient (Wildman–Crippen LogP) is 1.99. The quantitative estimate of drug-likeness (QED) is 0.677. The van der Waals surface area contributed by atoms with Gasteiger partial charge in [0, 0.05) is 19.7 Å². The van der Waals surface area contributed by atoms with Crippen molar-refractivity contribution < 1.29 is 22.7 Å². The molecule has 1 aromatic heterocycles. The number of hydrogen-bond donors (Lipinski definition) is 1. The molecule has 0 spiro atoms. The van der Waals surface area contributed by atoms with Crippen LogP contribution in [0.15, 0.2) is 23.1 Å². The first-order valence-electron chi connectivity index (χ1n) is 10.1. The second-order valence-corrected chi connectivity index (χ2v) is 9.78. The van der Waals surface area contributed by atoms with Crippen LogP contribution >= 0.6 is 0 Å². The summed E-state index contributed by atoms with van der Waals surface area (Å²) in [7, 11) is -2.20. The van der Waals surface area contributed by atoms with Crippen LogP contribution < -0.4 is 5.32 Å². The summed E-state index contributed by atoms with van der Waals surface area (Å²) in [6, 6.07) is 4.37. The molecule has 1 unspecified atom stereocenters. The van der Waals surface area contributed by atoms with Crippen LogP contribution in [-0.4, -0.2) is 53.6 Å². The molecule has 0 radical (unpaired) electrons. The monoisotopic (exact) mass is 448 g/mol. The minimum Gasteiger partial charge on any atom is -0.454 e. The summed E-state index contributed by atoms with van der Waals surface area (Å²) in [5.74, 6) is -0.761. The van der Waals surface area contributed by atoms with Gasteiger partial charge in [-0.25, -0.2) is 8.42 Å². The summed E-state index contributed by atoms with van der Waals surface area (Å²) < 4.78 is 34.6. The molecule has 2 heterocycles. The Kier molecular flexibility index (Phi) is 6.51. The Bertz CT molecular complexity index is 1100. The topological polar surface area (TPSA) is 111 Å². The molecule has 1 aliphatic rings. The molecular formula is C21H28N4O5S. The summed E-state index contributed by atoms with van der Waals surface area (Å²) in [6.45, 7) is 6.93. The second-order valence-electron chi connectivity index (χ2n) is 7.95. The van der Waals surface area contributed by atoms with Gasteiger partial charge in [0.1, 0.15) is 11.9 Å². The number of nitrogens with one attached hydrogen (secondary N) is 1. The molecule has 0 aliphatic carbocycles. The fourth-order valence-electron chi connectivity index (χ4n) is 4.09. The van der Waals surface area contributed by atoms with Gasteiger partial charge in [-0.1, -0.05) is 17.7 Å². The van der Waals surface area contributed by atoms with Gasteiger partial charge in [0.15, 0.2) is 6.61 Å². The van der Waals surface area contributed by atoms with Gasteiger partial charge < -0.3 is 10.1 Å². The maximum atomic E-state index is 13.4. The fraction of sp³-hybridized carbons (Fsp3) is 0.476. The van der Waals surface area contributed by atoms with Gasteiger partial charge in [-0.2, -0.15) is 9.40 Å². The number of amides is 1. The van der Waals surface area contributed by atoms with Gasteiger partial charge in [-0.05, 0) is 51.7 Å². The van der Waals surface area contributed by atoms with Crippen molar-refractivity contribution in [3.63, 3.8) is 0 Å². The number of nitrogens with zero attached hydrogens (tertiary/aromatic N) is 3. The molecule has 1 saturated heterocycles. The van der Waals surface area contributed by atoms with E-state index in [4.69, 9.17) is 4.74 Å². The smallest absolute Gasteiger partial charge is 0.324 e. The van der Waals surface area contributed by atoms with Crippen molar-refractivity contribution in [3.05, 3.63) is 40.6 Å². The largest absolute Gasteiger partial charge is 0.454 e. The van der Waals surface area contributed by atoms with E-state index in [2.05, 4.69) is 10.4 Å². The van der Waals surface area contributed by atoms with Gasteiger partial charge in [-0.3, -0.25) is 14.3 Å². The molecule has 168 valence electrons. The average Bonchev–Trinajstić information content (AvgIpc) is 3.26. The van der Waals surface area contributed by atoms with Crippen LogP contribution in [0.1, 0.15) is 35.2 Å². The number of anilines is 1. The highest BCUT2D eigenvalue weighted by molar-refractivity contribution is 7.89. The van der Waals surface area contributed by atoms with Crippen LogP contribution in [-0.2, 0) is 31.4 Å². The highest BCUT2D eigenvalue weighted by atomic mass is 32.2. The number of hydrogen-bond acceptors (Lipinski definition) is 6. The van der Waals surface area contributed by atoms with E-state index in [1.807, 2.05) is 19.1 Å². The molecular weight excluding hydrogens is 420 g/mol. The van der Waals surface area contributed by atoms with Crippen molar-refractivity contribution in [1.29, 1.82) is 0 Å². The van der Waals surface area contributed by atoms with Crippen molar-refractivity contribution in [2.24, 2.45) is 7.05 Å². The fourth-order valence-corrected chi connectivity index (χ4v) is 6.16. The van der Waals surface area contributed by atoms with Crippen molar-refractivity contribution in [3.8, 4) is 0 Å². The van der Waals surface area contributed by atoms with E-state index in [0.29, 0.717) is 29.8 Å². The molecule has 9 nitrogen and oxygen atoms in total. The summed E-state index contributed by atoms with van der Waals surface area (Å²) in [5.41, 5.74) is 2.99.